The van der Waals surface area contributed by atoms with Gasteiger partial charge in [-0.3, -0.25) is 9.69 Å². The van der Waals surface area contributed by atoms with Gasteiger partial charge in [-0.1, -0.05) is 12.1 Å². The van der Waals surface area contributed by atoms with Gasteiger partial charge in [-0.15, -0.1) is 0 Å². The van der Waals surface area contributed by atoms with Gasteiger partial charge in [-0.25, -0.2) is 9.59 Å². The Labute approximate surface area is 199 Å². The molecule has 2 aliphatic rings. The zero-order valence-electron chi connectivity index (χ0n) is 20.0. The number of carbonyl (C=O) groups is 3. The van der Waals surface area contributed by atoms with Crippen molar-refractivity contribution in [3.05, 3.63) is 35.5 Å². The lowest BCUT2D eigenvalue weighted by Gasteiger charge is -2.46. The van der Waals surface area contributed by atoms with Gasteiger partial charge >= 0.3 is 18.0 Å². The van der Waals surface area contributed by atoms with Crippen molar-refractivity contribution >= 4 is 28.9 Å². The molecular weight excluding hydrogens is 438 g/mol. The van der Waals surface area contributed by atoms with Crippen LogP contribution in [0.2, 0.25) is 0 Å². The summed E-state index contributed by atoms with van der Waals surface area (Å²) >= 11 is 0. The maximum atomic E-state index is 12.8. The molecule has 2 heterocycles. The summed E-state index contributed by atoms with van der Waals surface area (Å²) in [4.78, 5) is 43.7. The molecule has 9 nitrogen and oxygen atoms in total. The van der Waals surface area contributed by atoms with Crippen LogP contribution in [0.3, 0.4) is 0 Å². The van der Waals surface area contributed by atoms with Gasteiger partial charge in [0.25, 0.3) is 0 Å². The summed E-state index contributed by atoms with van der Waals surface area (Å²) < 4.78 is 15.0. The van der Waals surface area contributed by atoms with Crippen LogP contribution < -0.4 is 0 Å². The maximum Gasteiger partial charge on any atom is 0.410 e. The first-order valence-electron chi connectivity index (χ1n) is 11.9. The summed E-state index contributed by atoms with van der Waals surface area (Å²) in [6.45, 7) is 4.25. The fraction of sp³-hybridized carbons (Fsp3) is 0.560. The Balaban J connectivity index is 1.49. The normalized spacial score (nSPS) is 21.6. The predicted octanol–water partition coefficient (Wildman–Crippen LogP) is 2.69. The second kappa shape index (κ2) is 10.5. The van der Waals surface area contributed by atoms with Gasteiger partial charge in [-0.2, -0.15) is 0 Å². The van der Waals surface area contributed by atoms with Crippen LogP contribution in [0, 0.1) is 5.92 Å². The van der Waals surface area contributed by atoms with E-state index in [0.717, 1.165) is 24.9 Å². The molecule has 0 unspecified atom stereocenters. The van der Waals surface area contributed by atoms with Gasteiger partial charge in [0.1, 0.15) is 6.54 Å². The zero-order chi connectivity index (χ0) is 24.2. The molecule has 9 heteroatoms. The first-order valence-corrected chi connectivity index (χ1v) is 11.9. The number of benzene rings is 1. The fourth-order valence-electron chi connectivity index (χ4n) is 5.48. The van der Waals surface area contributed by atoms with Crippen LogP contribution in [0.1, 0.15) is 37.3 Å². The Hall–Kier alpha value is -3.07. The number of nitrogens with zero attached hydrogens (tertiary/aromatic N) is 2. The van der Waals surface area contributed by atoms with Crippen LogP contribution in [0.5, 0.6) is 0 Å². The number of nitrogens with one attached hydrogen (secondary N) is 1. The number of aromatic nitrogens is 1. The van der Waals surface area contributed by atoms with Gasteiger partial charge in [0.15, 0.2) is 6.61 Å². The molecule has 0 saturated carbocycles. The van der Waals surface area contributed by atoms with E-state index >= 15 is 0 Å². The molecule has 1 aliphatic carbocycles. The first kappa shape index (κ1) is 24.1. The van der Waals surface area contributed by atoms with Crippen molar-refractivity contribution in [1.29, 1.82) is 0 Å². The lowest BCUT2D eigenvalue weighted by atomic mass is 9.72. The van der Waals surface area contributed by atoms with E-state index in [0.29, 0.717) is 18.5 Å². The molecule has 3 atom stereocenters. The molecule has 1 fully saturated rings. The number of piperidine rings is 1. The molecule has 1 N–H and O–H groups in total. The number of likely N-dealkylation sites (N-methyl/N-ethyl adjacent to an activating group) is 1. The van der Waals surface area contributed by atoms with Crippen LogP contribution in [0.25, 0.3) is 10.9 Å². The van der Waals surface area contributed by atoms with Gasteiger partial charge in [-0.05, 0) is 56.8 Å². The highest BCUT2D eigenvalue weighted by molar-refractivity contribution is 5.88. The van der Waals surface area contributed by atoms with E-state index in [1.54, 1.807) is 13.8 Å². The number of ether oxygens (including phenoxy) is 3. The average molecular weight is 472 g/mol. The van der Waals surface area contributed by atoms with E-state index in [-0.39, 0.29) is 25.7 Å². The maximum absolute atomic E-state index is 12.8. The van der Waals surface area contributed by atoms with Crippen LogP contribution in [-0.2, 0) is 30.2 Å². The molecule has 184 valence electrons. The monoisotopic (exact) mass is 471 g/mol. The van der Waals surface area contributed by atoms with Crippen LogP contribution >= 0.6 is 0 Å². The molecule has 2 aromatic rings. The second-order valence-corrected chi connectivity index (χ2v) is 9.05. The lowest BCUT2D eigenvalue weighted by molar-refractivity contribution is -0.147. The third-order valence-electron chi connectivity index (χ3n) is 6.79. The van der Waals surface area contributed by atoms with E-state index in [1.807, 2.05) is 0 Å². The number of amides is 1. The smallest absolute Gasteiger partial charge is 0.410 e. The van der Waals surface area contributed by atoms with Crippen molar-refractivity contribution in [3.8, 4) is 0 Å². The molecule has 1 aromatic heterocycles. The van der Waals surface area contributed by atoms with Crippen molar-refractivity contribution in [2.45, 2.75) is 38.6 Å². The van der Waals surface area contributed by atoms with Gasteiger partial charge in [0, 0.05) is 42.1 Å². The summed E-state index contributed by atoms with van der Waals surface area (Å²) in [6.07, 6.45) is 3.28. The van der Waals surface area contributed by atoms with Crippen LogP contribution in [0.15, 0.2) is 24.4 Å². The number of likely N-dealkylation sites (tertiary alicyclic amines) is 1. The molecule has 4 rings (SSSR count). The lowest BCUT2D eigenvalue weighted by Crippen LogP contribution is -2.51. The molecule has 1 amide bonds. The van der Waals surface area contributed by atoms with Gasteiger partial charge < -0.3 is 24.1 Å². The Kier molecular flexibility index (Phi) is 7.41. The van der Waals surface area contributed by atoms with Crippen LogP contribution in [0.4, 0.5) is 4.79 Å². The Morgan fingerprint density at radius 3 is 2.65 bits per heavy atom. The van der Waals surface area contributed by atoms with Crippen LogP contribution in [-0.4, -0.2) is 85.4 Å². The minimum absolute atomic E-state index is 0.131. The second-order valence-electron chi connectivity index (χ2n) is 9.05. The fourth-order valence-corrected chi connectivity index (χ4v) is 5.48. The standard InChI is InChI=1S/C25H33N3O6/c1-4-32-22(29)14-28(25(31)34-15-23(30)33-5-2)13-16-9-19-18-7-6-8-20-24(18)17(11-26-20)10-21(19)27(3)12-16/h6-8,11,16,19,21,26H,4-5,9-10,12-15H2,1-3H3/t16-,19-,21+/m1/s1. The van der Waals surface area contributed by atoms with E-state index in [2.05, 4.69) is 41.3 Å². The van der Waals surface area contributed by atoms with Crippen molar-refractivity contribution in [2.75, 3.05) is 46.5 Å². The molecule has 1 saturated heterocycles. The Morgan fingerprint density at radius 1 is 1.12 bits per heavy atom. The molecule has 0 spiro atoms. The molecule has 1 aromatic carbocycles. The quantitative estimate of drug-likeness (QED) is 0.467. The highest BCUT2D eigenvalue weighted by atomic mass is 16.6. The highest BCUT2D eigenvalue weighted by Crippen LogP contribution is 2.44. The minimum Gasteiger partial charge on any atom is -0.465 e. The number of H-pyrrole nitrogens is 1. The van der Waals surface area contributed by atoms with E-state index in [1.165, 1.54) is 21.4 Å². The van der Waals surface area contributed by atoms with Gasteiger partial charge in [0.2, 0.25) is 0 Å². The van der Waals surface area contributed by atoms with Crippen molar-refractivity contribution in [3.63, 3.8) is 0 Å². The minimum atomic E-state index is -0.718. The number of rotatable bonds is 8. The van der Waals surface area contributed by atoms with Crippen molar-refractivity contribution < 1.29 is 28.6 Å². The zero-order valence-corrected chi connectivity index (χ0v) is 20.0. The number of carbonyl (C=O) groups excluding carboxylic acids is 3. The average Bonchev–Trinajstić information content (AvgIpc) is 3.22. The molecule has 0 bridgehead atoms. The largest absolute Gasteiger partial charge is 0.465 e. The topological polar surface area (TPSA) is 101 Å². The SMILES string of the molecule is CCOC(=O)COC(=O)N(CC(=O)OCC)C[C@@H]1C[C@@H]2c3cccc4[nH]cc(c34)C[C@@H]2N(C)C1. The Bertz CT molecular complexity index is 1050. The number of fused-ring (bicyclic) bond motifs is 2. The molecule has 34 heavy (non-hydrogen) atoms. The molecule has 1 aliphatic heterocycles. The summed E-state index contributed by atoms with van der Waals surface area (Å²) in [5.74, 6) is -0.663. The molecular formula is C25H33N3O6. The van der Waals surface area contributed by atoms with E-state index in [9.17, 15) is 14.4 Å². The van der Waals surface area contributed by atoms with E-state index in [4.69, 9.17) is 14.2 Å². The Morgan fingerprint density at radius 2 is 1.88 bits per heavy atom. The molecule has 0 radical (unpaired) electrons. The predicted molar refractivity (Wildman–Crippen MR) is 125 cm³/mol. The number of esters is 2. The van der Waals surface area contributed by atoms with E-state index < -0.39 is 24.6 Å². The first-order chi connectivity index (χ1) is 16.4. The number of aromatic amines is 1. The number of hydrogen-bond acceptors (Lipinski definition) is 7. The highest BCUT2D eigenvalue weighted by Gasteiger charge is 2.40. The van der Waals surface area contributed by atoms with Crippen molar-refractivity contribution in [1.82, 2.24) is 14.8 Å². The number of hydrogen-bond donors (Lipinski definition) is 1. The summed E-state index contributed by atoms with van der Waals surface area (Å²) in [5, 5.41) is 1.31. The third kappa shape index (κ3) is 5.04. The van der Waals surface area contributed by atoms with Gasteiger partial charge in [0.05, 0.1) is 13.2 Å². The summed E-state index contributed by atoms with van der Waals surface area (Å²) in [6, 6.07) is 6.78. The van der Waals surface area contributed by atoms with Crippen molar-refractivity contribution in [2.24, 2.45) is 5.92 Å². The summed E-state index contributed by atoms with van der Waals surface area (Å²) in [5.41, 5.74) is 3.84. The summed E-state index contributed by atoms with van der Waals surface area (Å²) in [7, 11) is 2.12. The third-order valence-corrected chi connectivity index (χ3v) is 6.79.